The SMILES string of the molecule is COc1ccc(OC)c(N2C(SCC(=O)Nc3cccc(C)c3C)=NC3CS(=O)(=O)CC32)c1. The highest BCUT2D eigenvalue weighted by molar-refractivity contribution is 8.14. The van der Waals surface area contributed by atoms with Crippen molar-refractivity contribution in [1.82, 2.24) is 0 Å². The van der Waals surface area contributed by atoms with Crippen molar-refractivity contribution in [3.8, 4) is 11.5 Å². The second kappa shape index (κ2) is 9.26. The molecule has 0 spiro atoms. The van der Waals surface area contributed by atoms with Gasteiger partial charge in [0.25, 0.3) is 0 Å². The van der Waals surface area contributed by atoms with E-state index in [9.17, 15) is 13.2 Å². The minimum atomic E-state index is -3.20. The molecule has 33 heavy (non-hydrogen) atoms. The van der Waals surface area contributed by atoms with Gasteiger partial charge in [0.1, 0.15) is 11.5 Å². The number of thioether (sulfide) groups is 1. The number of amidine groups is 1. The van der Waals surface area contributed by atoms with E-state index in [0.717, 1.165) is 16.8 Å². The lowest BCUT2D eigenvalue weighted by atomic mass is 10.1. The van der Waals surface area contributed by atoms with E-state index < -0.39 is 9.84 Å². The predicted octanol–water partition coefficient (Wildman–Crippen LogP) is 3.03. The Morgan fingerprint density at radius 3 is 2.70 bits per heavy atom. The lowest BCUT2D eigenvalue weighted by molar-refractivity contribution is -0.113. The van der Waals surface area contributed by atoms with Crippen molar-refractivity contribution in [3.05, 3.63) is 47.5 Å². The average Bonchev–Trinajstić information content (AvgIpc) is 3.25. The minimum Gasteiger partial charge on any atom is -0.497 e. The van der Waals surface area contributed by atoms with E-state index in [-0.39, 0.29) is 35.2 Å². The van der Waals surface area contributed by atoms with Gasteiger partial charge in [-0.25, -0.2) is 8.42 Å². The summed E-state index contributed by atoms with van der Waals surface area (Å²) in [4.78, 5) is 19.3. The van der Waals surface area contributed by atoms with E-state index in [4.69, 9.17) is 14.5 Å². The standard InChI is InChI=1S/C23H27N3O5S2/c1-14-6-5-7-17(15(14)2)24-22(27)11-32-23-25-18-12-33(28,29)13-20(18)26(23)19-10-16(30-3)8-9-21(19)31-4/h5-10,18,20H,11-13H2,1-4H3,(H,24,27). The Kier molecular flexibility index (Phi) is 6.58. The first-order valence-electron chi connectivity index (χ1n) is 10.5. The van der Waals surface area contributed by atoms with Crippen molar-refractivity contribution in [3.63, 3.8) is 0 Å². The van der Waals surface area contributed by atoms with Crippen LogP contribution in [0.5, 0.6) is 11.5 Å². The average molecular weight is 490 g/mol. The van der Waals surface area contributed by atoms with E-state index in [2.05, 4.69) is 5.32 Å². The fourth-order valence-electron chi connectivity index (χ4n) is 4.10. The number of hydrogen-bond donors (Lipinski definition) is 1. The first-order valence-corrected chi connectivity index (χ1v) is 13.3. The number of nitrogens with one attached hydrogen (secondary N) is 1. The highest BCUT2D eigenvalue weighted by Gasteiger charge is 2.48. The van der Waals surface area contributed by atoms with Crippen molar-refractivity contribution in [2.75, 3.05) is 41.7 Å². The van der Waals surface area contributed by atoms with Crippen LogP contribution in [0.1, 0.15) is 11.1 Å². The summed E-state index contributed by atoms with van der Waals surface area (Å²) in [5.41, 5.74) is 3.58. The maximum Gasteiger partial charge on any atom is 0.234 e. The molecule has 2 aliphatic rings. The molecule has 176 valence electrons. The third kappa shape index (κ3) is 4.81. The fourth-order valence-corrected chi connectivity index (χ4v) is 6.86. The summed E-state index contributed by atoms with van der Waals surface area (Å²) in [5.74, 6) is 1.18. The van der Waals surface area contributed by atoms with Gasteiger partial charge in [0.05, 0.1) is 49.2 Å². The number of fused-ring (bicyclic) bond motifs is 1. The molecule has 1 fully saturated rings. The summed E-state index contributed by atoms with van der Waals surface area (Å²) in [6.07, 6.45) is 0. The molecule has 0 aliphatic carbocycles. The Balaban J connectivity index is 1.58. The molecule has 1 amide bonds. The summed E-state index contributed by atoms with van der Waals surface area (Å²) in [5, 5.41) is 3.56. The predicted molar refractivity (Wildman–Crippen MR) is 133 cm³/mol. The van der Waals surface area contributed by atoms with Gasteiger partial charge in [0.2, 0.25) is 5.91 Å². The Labute approximate surface area is 198 Å². The molecule has 2 aromatic carbocycles. The van der Waals surface area contributed by atoms with Gasteiger partial charge in [0, 0.05) is 11.8 Å². The van der Waals surface area contributed by atoms with Gasteiger partial charge in [-0.1, -0.05) is 23.9 Å². The van der Waals surface area contributed by atoms with Crippen LogP contribution in [0.3, 0.4) is 0 Å². The zero-order chi connectivity index (χ0) is 23.8. The Morgan fingerprint density at radius 2 is 1.97 bits per heavy atom. The number of amides is 1. The molecule has 0 radical (unpaired) electrons. The number of hydrogen-bond acceptors (Lipinski definition) is 8. The number of carbonyl (C=O) groups excluding carboxylic acids is 1. The summed E-state index contributed by atoms with van der Waals surface area (Å²) in [7, 11) is -0.0647. The summed E-state index contributed by atoms with van der Waals surface area (Å²) >= 11 is 1.29. The quantitative estimate of drug-likeness (QED) is 0.666. The number of aliphatic imine (C=N–C) groups is 1. The van der Waals surface area contributed by atoms with Crippen LogP contribution in [0.2, 0.25) is 0 Å². The molecule has 4 rings (SSSR count). The normalized spacial score (nSPS) is 20.8. The van der Waals surface area contributed by atoms with Crippen LogP contribution in [0.15, 0.2) is 41.4 Å². The number of rotatable bonds is 6. The number of carbonyl (C=O) groups is 1. The molecular weight excluding hydrogens is 462 g/mol. The van der Waals surface area contributed by atoms with Crippen LogP contribution < -0.4 is 19.7 Å². The van der Waals surface area contributed by atoms with Gasteiger partial charge >= 0.3 is 0 Å². The molecule has 2 aromatic rings. The Morgan fingerprint density at radius 1 is 1.18 bits per heavy atom. The first-order chi connectivity index (χ1) is 15.7. The first kappa shape index (κ1) is 23.4. The molecule has 0 bridgehead atoms. The maximum absolute atomic E-state index is 12.7. The third-order valence-electron chi connectivity index (χ3n) is 5.96. The van der Waals surface area contributed by atoms with Gasteiger partial charge in [-0.15, -0.1) is 0 Å². The van der Waals surface area contributed by atoms with Gasteiger partial charge in [-0.05, 0) is 43.2 Å². The molecule has 10 heteroatoms. The topological polar surface area (TPSA) is 97.3 Å². The van der Waals surface area contributed by atoms with E-state index >= 15 is 0 Å². The number of ether oxygens (including phenoxy) is 2. The van der Waals surface area contributed by atoms with Gasteiger partial charge in [-0.3, -0.25) is 9.79 Å². The lowest BCUT2D eigenvalue weighted by Crippen LogP contribution is -2.39. The van der Waals surface area contributed by atoms with Crippen molar-refractivity contribution in [2.45, 2.75) is 25.9 Å². The van der Waals surface area contributed by atoms with Crippen LogP contribution >= 0.6 is 11.8 Å². The zero-order valence-corrected chi connectivity index (χ0v) is 20.6. The monoisotopic (exact) mass is 489 g/mol. The molecule has 1 saturated heterocycles. The van der Waals surface area contributed by atoms with Crippen LogP contribution in [0, 0.1) is 13.8 Å². The number of anilines is 2. The number of sulfone groups is 1. The van der Waals surface area contributed by atoms with E-state index in [1.165, 1.54) is 11.8 Å². The Hall–Kier alpha value is -2.72. The van der Waals surface area contributed by atoms with Crippen molar-refractivity contribution in [1.29, 1.82) is 0 Å². The lowest BCUT2D eigenvalue weighted by Gasteiger charge is -2.28. The molecule has 2 unspecified atom stereocenters. The minimum absolute atomic E-state index is 0.000272. The maximum atomic E-state index is 12.7. The van der Waals surface area contributed by atoms with Crippen LogP contribution in [-0.4, -0.2) is 63.1 Å². The molecule has 0 aromatic heterocycles. The molecular formula is C23H27N3O5S2. The number of benzene rings is 2. The molecule has 8 nitrogen and oxygen atoms in total. The van der Waals surface area contributed by atoms with Crippen molar-refractivity contribution in [2.24, 2.45) is 4.99 Å². The molecule has 2 aliphatic heterocycles. The number of nitrogens with zero attached hydrogens (tertiary/aromatic N) is 2. The third-order valence-corrected chi connectivity index (χ3v) is 8.63. The molecule has 2 heterocycles. The van der Waals surface area contributed by atoms with E-state index in [1.807, 2.05) is 36.9 Å². The zero-order valence-electron chi connectivity index (χ0n) is 19.0. The summed E-state index contributed by atoms with van der Waals surface area (Å²) < 4.78 is 35.5. The fraction of sp³-hybridized carbons (Fsp3) is 0.391. The van der Waals surface area contributed by atoms with Gasteiger partial charge in [-0.2, -0.15) is 0 Å². The second-order valence-electron chi connectivity index (χ2n) is 8.12. The largest absolute Gasteiger partial charge is 0.497 e. The highest BCUT2D eigenvalue weighted by atomic mass is 32.2. The number of methoxy groups -OCH3 is 2. The van der Waals surface area contributed by atoms with E-state index in [0.29, 0.717) is 22.4 Å². The van der Waals surface area contributed by atoms with Crippen LogP contribution in [0.25, 0.3) is 0 Å². The van der Waals surface area contributed by atoms with Gasteiger partial charge in [0.15, 0.2) is 15.0 Å². The Bertz CT molecular complexity index is 1210. The highest BCUT2D eigenvalue weighted by Crippen LogP contribution is 2.41. The smallest absolute Gasteiger partial charge is 0.234 e. The van der Waals surface area contributed by atoms with Crippen LogP contribution in [0.4, 0.5) is 11.4 Å². The van der Waals surface area contributed by atoms with Crippen molar-refractivity contribution >= 4 is 44.0 Å². The summed E-state index contributed by atoms with van der Waals surface area (Å²) in [6, 6.07) is 10.4. The second-order valence-corrected chi connectivity index (χ2v) is 11.2. The van der Waals surface area contributed by atoms with Crippen molar-refractivity contribution < 1.29 is 22.7 Å². The number of aryl methyl sites for hydroxylation is 1. The summed E-state index contributed by atoms with van der Waals surface area (Å²) in [6.45, 7) is 3.97. The van der Waals surface area contributed by atoms with E-state index in [1.54, 1.807) is 32.4 Å². The molecule has 2 atom stereocenters. The van der Waals surface area contributed by atoms with Crippen LogP contribution in [-0.2, 0) is 14.6 Å². The molecule has 1 N–H and O–H groups in total. The molecule has 0 saturated carbocycles. The van der Waals surface area contributed by atoms with Gasteiger partial charge < -0.3 is 19.7 Å².